The number of hydrogen-bond donors (Lipinski definition) is 0. The predicted molar refractivity (Wildman–Crippen MR) is 93.8 cm³/mol. The van der Waals surface area contributed by atoms with Gasteiger partial charge in [0.1, 0.15) is 5.82 Å². The second-order valence-electron chi connectivity index (χ2n) is 5.01. The topological polar surface area (TPSA) is 29.4 Å². The number of benzene rings is 3. The quantitative estimate of drug-likeness (QED) is 0.523. The summed E-state index contributed by atoms with van der Waals surface area (Å²) in [4.78, 5) is 0. The van der Waals surface area contributed by atoms with Crippen molar-refractivity contribution in [2.45, 2.75) is 0 Å². The van der Waals surface area contributed by atoms with Crippen LogP contribution in [0.3, 0.4) is 0 Å². The largest absolute Gasteiger partial charge is 0.288 e. The van der Waals surface area contributed by atoms with Crippen molar-refractivity contribution in [1.82, 2.24) is 0 Å². The molecule has 0 heterocycles. The highest BCUT2D eigenvalue weighted by Gasteiger charge is 2.25. The minimum Gasteiger partial charge on any atom is -0.288 e. The Bertz CT molecular complexity index is 819. The minimum atomic E-state index is -3.21. The van der Waals surface area contributed by atoms with Crippen LogP contribution < -0.4 is 10.6 Å². The average Bonchev–Trinajstić information content (AvgIpc) is 2.62. The lowest BCUT2D eigenvalue weighted by molar-refractivity contribution is 0.588. The van der Waals surface area contributed by atoms with E-state index in [1.165, 1.54) is 12.3 Å². The summed E-state index contributed by atoms with van der Waals surface area (Å²) in [6.45, 7) is 0. The smallest absolute Gasteiger partial charge is 0.247 e. The number of rotatable bonds is 4. The molecule has 0 spiro atoms. The fourth-order valence-corrected chi connectivity index (χ4v) is 4.27. The van der Waals surface area contributed by atoms with Gasteiger partial charge in [-0.3, -0.25) is 4.57 Å². The van der Waals surface area contributed by atoms with E-state index in [9.17, 15) is 8.96 Å². The molecule has 0 unspecified atom stereocenters. The van der Waals surface area contributed by atoms with Crippen LogP contribution in [-0.4, -0.2) is 6.21 Å². The zero-order valence-electron chi connectivity index (χ0n) is 12.3. The van der Waals surface area contributed by atoms with E-state index in [1.54, 1.807) is 42.5 Å². The van der Waals surface area contributed by atoms with E-state index >= 15 is 0 Å². The molecule has 114 valence electrons. The van der Waals surface area contributed by atoms with E-state index in [0.29, 0.717) is 16.2 Å². The molecule has 23 heavy (non-hydrogen) atoms. The van der Waals surface area contributed by atoms with Crippen molar-refractivity contribution >= 4 is 24.1 Å². The fourth-order valence-electron chi connectivity index (χ4n) is 2.27. The van der Waals surface area contributed by atoms with Gasteiger partial charge in [0.2, 0.25) is 7.29 Å². The van der Waals surface area contributed by atoms with E-state index < -0.39 is 7.29 Å². The van der Waals surface area contributed by atoms with Gasteiger partial charge in [0.15, 0.2) is 0 Å². The van der Waals surface area contributed by atoms with Gasteiger partial charge in [-0.2, -0.15) is 0 Å². The van der Waals surface area contributed by atoms with Gasteiger partial charge in [0.25, 0.3) is 0 Å². The summed E-state index contributed by atoms with van der Waals surface area (Å²) < 4.78 is 31.7. The molecule has 2 nitrogen and oxygen atoms in total. The van der Waals surface area contributed by atoms with Gasteiger partial charge in [-0.1, -0.05) is 54.6 Å². The van der Waals surface area contributed by atoms with E-state index in [1.807, 2.05) is 36.4 Å². The zero-order valence-corrected chi connectivity index (χ0v) is 13.2. The van der Waals surface area contributed by atoms with Crippen LogP contribution in [-0.2, 0) is 4.57 Å². The lowest BCUT2D eigenvalue weighted by Crippen LogP contribution is -2.14. The van der Waals surface area contributed by atoms with E-state index in [-0.39, 0.29) is 5.82 Å². The maximum absolute atomic E-state index is 13.8. The summed E-state index contributed by atoms with van der Waals surface area (Å²) in [6, 6.07) is 24.5. The van der Waals surface area contributed by atoms with Gasteiger partial charge >= 0.3 is 0 Å². The van der Waals surface area contributed by atoms with Crippen LogP contribution in [0.25, 0.3) is 0 Å². The summed E-state index contributed by atoms with van der Waals surface area (Å²) in [6.07, 6.45) is 1.36. The predicted octanol–water partition coefficient (Wildman–Crippen LogP) is 4.17. The molecule has 3 rings (SSSR count). The molecule has 3 aromatic rings. The maximum Gasteiger partial charge on any atom is 0.247 e. The van der Waals surface area contributed by atoms with E-state index in [0.717, 1.165) is 0 Å². The third kappa shape index (κ3) is 3.30. The van der Waals surface area contributed by atoms with Crippen LogP contribution in [0.4, 0.5) is 4.39 Å². The van der Waals surface area contributed by atoms with E-state index in [4.69, 9.17) is 0 Å². The van der Waals surface area contributed by atoms with Crippen LogP contribution in [0.5, 0.6) is 0 Å². The third-order valence-electron chi connectivity index (χ3n) is 3.48. The molecule has 0 aliphatic rings. The van der Waals surface area contributed by atoms with Crippen molar-refractivity contribution in [3.63, 3.8) is 0 Å². The molecule has 0 bridgehead atoms. The van der Waals surface area contributed by atoms with Crippen molar-refractivity contribution in [1.29, 1.82) is 0 Å². The Kier molecular flexibility index (Phi) is 4.50. The van der Waals surface area contributed by atoms with Gasteiger partial charge in [-0.25, -0.2) is 9.15 Å². The van der Waals surface area contributed by atoms with Gasteiger partial charge in [-0.15, -0.1) is 0 Å². The van der Waals surface area contributed by atoms with Crippen molar-refractivity contribution in [3.8, 4) is 0 Å². The van der Waals surface area contributed by atoms with Crippen LogP contribution in [0, 0.1) is 5.82 Å². The molecule has 0 atom stereocenters. The van der Waals surface area contributed by atoms with Crippen molar-refractivity contribution in [2.75, 3.05) is 0 Å². The van der Waals surface area contributed by atoms with E-state index in [2.05, 4.69) is 4.76 Å². The Hall–Kier alpha value is -2.51. The van der Waals surface area contributed by atoms with Crippen molar-refractivity contribution in [3.05, 3.63) is 96.3 Å². The van der Waals surface area contributed by atoms with Gasteiger partial charge < -0.3 is 0 Å². The summed E-state index contributed by atoms with van der Waals surface area (Å²) in [7, 11) is -3.21. The zero-order chi connectivity index (χ0) is 16.1. The molecule has 0 aromatic heterocycles. The molecule has 0 aliphatic carbocycles. The minimum absolute atomic E-state index is 0.319. The molecule has 0 amide bonds. The lowest BCUT2D eigenvalue weighted by atomic mass is 10.2. The second-order valence-corrected chi connectivity index (χ2v) is 7.43. The number of hydrogen-bond acceptors (Lipinski definition) is 1. The summed E-state index contributed by atoms with van der Waals surface area (Å²) in [5.74, 6) is -0.385. The molecule has 0 N–H and O–H groups in total. The monoisotopic (exact) mass is 323 g/mol. The molecular weight excluding hydrogens is 308 g/mol. The Balaban J connectivity index is 2.11. The number of halogens is 1. The summed E-state index contributed by atoms with van der Waals surface area (Å²) >= 11 is 0. The Labute approximate surface area is 134 Å². The molecule has 0 saturated heterocycles. The fraction of sp³-hybridized carbons (Fsp3) is 0. The van der Waals surface area contributed by atoms with Gasteiger partial charge in [-0.05, 0) is 30.3 Å². The Morgan fingerprint density at radius 2 is 1.22 bits per heavy atom. The average molecular weight is 323 g/mol. The maximum atomic E-state index is 13.8. The molecule has 0 aliphatic heterocycles. The molecular formula is C19H15FNOP. The first kappa shape index (κ1) is 15.4. The van der Waals surface area contributed by atoms with Crippen LogP contribution >= 0.6 is 7.29 Å². The highest BCUT2D eigenvalue weighted by atomic mass is 31.2. The Morgan fingerprint density at radius 3 is 1.74 bits per heavy atom. The molecule has 4 heteroatoms. The van der Waals surface area contributed by atoms with Gasteiger partial charge in [0.05, 0.1) is 0 Å². The lowest BCUT2D eigenvalue weighted by Gasteiger charge is -2.14. The van der Waals surface area contributed by atoms with Crippen molar-refractivity contribution in [2.24, 2.45) is 4.76 Å². The van der Waals surface area contributed by atoms with Crippen LogP contribution in [0.2, 0.25) is 0 Å². The summed E-state index contributed by atoms with van der Waals surface area (Å²) in [5.41, 5.74) is 0.319. The first-order chi connectivity index (χ1) is 11.2. The second kappa shape index (κ2) is 6.72. The first-order valence-electron chi connectivity index (χ1n) is 7.21. The number of nitrogens with zero attached hydrogens (tertiary/aromatic N) is 1. The molecule has 3 aromatic carbocycles. The summed E-state index contributed by atoms with van der Waals surface area (Å²) in [5, 5.41) is 1.25. The van der Waals surface area contributed by atoms with Crippen LogP contribution in [0.1, 0.15) is 5.56 Å². The Morgan fingerprint density at radius 1 is 0.739 bits per heavy atom. The molecule has 0 saturated carbocycles. The van der Waals surface area contributed by atoms with Gasteiger partial charge in [0, 0.05) is 22.4 Å². The molecule has 0 radical (unpaired) electrons. The normalized spacial score (nSPS) is 11.7. The third-order valence-corrected chi connectivity index (χ3v) is 5.91. The standard InChI is InChI=1S/C19H15FNOP/c20-19-14-8-7-9-16(19)15-21-23(22,17-10-3-1-4-11-17)18-12-5-2-6-13-18/h1-15H/b21-15+. The highest BCUT2D eigenvalue weighted by molar-refractivity contribution is 7.77. The highest BCUT2D eigenvalue weighted by Crippen LogP contribution is 2.44. The first-order valence-corrected chi connectivity index (χ1v) is 8.87. The van der Waals surface area contributed by atoms with Crippen molar-refractivity contribution < 1.29 is 8.96 Å². The van der Waals surface area contributed by atoms with Crippen LogP contribution in [0.15, 0.2) is 89.7 Å². The molecule has 0 fully saturated rings. The SMILES string of the molecule is O=P(/N=C/c1ccccc1F)(c1ccccc1)c1ccccc1.